The van der Waals surface area contributed by atoms with Gasteiger partial charge in [-0.1, -0.05) is 37.8 Å². The maximum Gasteiger partial charge on any atom is 0.187 e. The number of aromatic nitrogens is 2. The zero-order chi connectivity index (χ0) is 12.0. The van der Waals surface area contributed by atoms with E-state index in [-0.39, 0.29) is 0 Å². The van der Waals surface area contributed by atoms with Crippen molar-refractivity contribution in [2.45, 2.75) is 32.0 Å². The highest BCUT2D eigenvalue weighted by Crippen LogP contribution is 2.14. The van der Waals surface area contributed by atoms with E-state index in [1.807, 2.05) is 19.3 Å². The van der Waals surface area contributed by atoms with E-state index in [0.717, 1.165) is 23.0 Å². The molecule has 1 N–H and O–H groups in total. The third kappa shape index (κ3) is 5.28. The fourth-order valence-electron chi connectivity index (χ4n) is 1.02. The molecular formula is C12H19N3S. The minimum absolute atomic E-state index is 0.498. The van der Waals surface area contributed by atoms with Gasteiger partial charge in [0.1, 0.15) is 0 Å². The zero-order valence-electron chi connectivity index (χ0n) is 10.2. The second-order valence-corrected chi connectivity index (χ2v) is 5.06. The molecule has 0 saturated carbocycles. The van der Waals surface area contributed by atoms with Crippen LogP contribution in [0.2, 0.25) is 0 Å². The number of thioether (sulfide) groups is 1. The summed E-state index contributed by atoms with van der Waals surface area (Å²) in [5.74, 6) is 0.864. The van der Waals surface area contributed by atoms with Crippen LogP contribution >= 0.6 is 11.8 Å². The lowest BCUT2D eigenvalue weighted by molar-refractivity contribution is 0.623. The van der Waals surface area contributed by atoms with Crippen LogP contribution in [0.25, 0.3) is 0 Å². The topological polar surface area (TPSA) is 37.8 Å². The van der Waals surface area contributed by atoms with Gasteiger partial charge in [-0.2, -0.15) is 0 Å². The monoisotopic (exact) mass is 237 g/mol. The number of hydrogen-bond acceptors (Lipinski definition) is 4. The minimum atomic E-state index is 0.498. The second-order valence-electron chi connectivity index (χ2n) is 4.12. The molecule has 1 heterocycles. The summed E-state index contributed by atoms with van der Waals surface area (Å²) in [5, 5.41) is 4.15. The Kier molecular flexibility index (Phi) is 5.49. The molecule has 16 heavy (non-hydrogen) atoms. The predicted molar refractivity (Wildman–Crippen MR) is 69.8 cm³/mol. The maximum absolute atomic E-state index is 4.24. The molecule has 88 valence electrons. The van der Waals surface area contributed by atoms with Crippen molar-refractivity contribution in [3.63, 3.8) is 0 Å². The van der Waals surface area contributed by atoms with Gasteiger partial charge < -0.3 is 5.32 Å². The molecular weight excluding hydrogens is 218 g/mol. The van der Waals surface area contributed by atoms with Gasteiger partial charge >= 0.3 is 0 Å². The molecule has 0 bridgehead atoms. The van der Waals surface area contributed by atoms with E-state index in [1.54, 1.807) is 11.8 Å². The summed E-state index contributed by atoms with van der Waals surface area (Å²) in [6.07, 6.45) is 3.68. The first-order valence-electron chi connectivity index (χ1n) is 5.39. The average molecular weight is 237 g/mol. The predicted octanol–water partition coefficient (Wildman–Crippen LogP) is 2.43. The van der Waals surface area contributed by atoms with Crippen molar-refractivity contribution in [3.05, 3.63) is 30.1 Å². The summed E-state index contributed by atoms with van der Waals surface area (Å²) in [4.78, 5) is 8.47. The third-order valence-corrected chi connectivity index (χ3v) is 2.94. The van der Waals surface area contributed by atoms with Crippen molar-refractivity contribution >= 4 is 11.8 Å². The SMILES string of the molecule is C=C(CNC(C)C)CSc1ncc(C)cn1. The summed E-state index contributed by atoms with van der Waals surface area (Å²) in [6.45, 7) is 11.1. The molecule has 1 aromatic rings. The standard InChI is InChI=1S/C12H19N3S/c1-9(2)13-7-11(4)8-16-12-14-5-10(3)6-15-12/h5-6,9,13H,4,7-8H2,1-3H3. The summed E-state index contributed by atoms with van der Waals surface area (Å²) in [6, 6.07) is 0.498. The van der Waals surface area contributed by atoms with Gasteiger partial charge in [0.15, 0.2) is 5.16 Å². The van der Waals surface area contributed by atoms with E-state index < -0.39 is 0 Å². The molecule has 0 spiro atoms. The first kappa shape index (κ1) is 13.2. The maximum atomic E-state index is 4.24. The molecule has 0 unspecified atom stereocenters. The Labute approximate surface area is 102 Å². The van der Waals surface area contributed by atoms with Gasteiger partial charge in [0.05, 0.1) is 0 Å². The Balaban J connectivity index is 2.29. The third-order valence-electron chi connectivity index (χ3n) is 1.92. The average Bonchev–Trinajstić information content (AvgIpc) is 2.25. The molecule has 0 amide bonds. The van der Waals surface area contributed by atoms with Crippen molar-refractivity contribution in [2.24, 2.45) is 0 Å². The van der Waals surface area contributed by atoms with Crippen molar-refractivity contribution < 1.29 is 0 Å². The van der Waals surface area contributed by atoms with Crippen molar-refractivity contribution in [1.82, 2.24) is 15.3 Å². The van der Waals surface area contributed by atoms with Crippen molar-refractivity contribution in [2.75, 3.05) is 12.3 Å². The van der Waals surface area contributed by atoms with E-state index in [0.29, 0.717) is 6.04 Å². The molecule has 0 radical (unpaired) electrons. The number of aryl methyl sites for hydroxylation is 1. The minimum Gasteiger partial charge on any atom is -0.311 e. The van der Waals surface area contributed by atoms with E-state index in [2.05, 4.69) is 35.7 Å². The van der Waals surface area contributed by atoms with Crippen LogP contribution in [0, 0.1) is 6.92 Å². The summed E-state index contributed by atoms with van der Waals surface area (Å²) >= 11 is 1.63. The molecule has 4 heteroatoms. The smallest absolute Gasteiger partial charge is 0.187 e. The van der Waals surface area contributed by atoms with Crippen LogP contribution in [-0.4, -0.2) is 28.3 Å². The first-order chi connectivity index (χ1) is 7.58. The van der Waals surface area contributed by atoms with E-state index in [1.165, 1.54) is 5.57 Å². The van der Waals surface area contributed by atoms with Crippen molar-refractivity contribution in [1.29, 1.82) is 0 Å². The first-order valence-corrected chi connectivity index (χ1v) is 6.38. The Bertz CT molecular complexity index is 333. The highest BCUT2D eigenvalue weighted by Gasteiger charge is 2.00. The number of rotatable bonds is 6. The summed E-state index contributed by atoms with van der Waals surface area (Å²) in [7, 11) is 0. The van der Waals surface area contributed by atoms with E-state index in [4.69, 9.17) is 0 Å². The lowest BCUT2D eigenvalue weighted by Gasteiger charge is -2.09. The van der Waals surface area contributed by atoms with Gasteiger partial charge in [0.2, 0.25) is 0 Å². The summed E-state index contributed by atoms with van der Waals surface area (Å²) < 4.78 is 0. The Morgan fingerprint density at radius 2 is 2.06 bits per heavy atom. The van der Waals surface area contributed by atoms with Crippen LogP contribution < -0.4 is 5.32 Å². The van der Waals surface area contributed by atoms with E-state index >= 15 is 0 Å². The Hall–Kier alpha value is -0.870. The zero-order valence-corrected chi connectivity index (χ0v) is 11.0. The fraction of sp³-hybridized carbons (Fsp3) is 0.500. The molecule has 3 nitrogen and oxygen atoms in total. The highest BCUT2D eigenvalue weighted by molar-refractivity contribution is 7.99. The van der Waals surface area contributed by atoms with Crippen LogP contribution in [-0.2, 0) is 0 Å². The molecule has 0 aromatic carbocycles. The largest absolute Gasteiger partial charge is 0.311 e. The molecule has 1 aromatic heterocycles. The molecule has 0 aliphatic heterocycles. The lowest BCUT2D eigenvalue weighted by Crippen LogP contribution is -2.25. The van der Waals surface area contributed by atoms with Gasteiger partial charge in [-0.25, -0.2) is 9.97 Å². The fourth-order valence-corrected chi connectivity index (χ4v) is 1.71. The number of nitrogens with zero attached hydrogens (tertiary/aromatic N) is 2. The summed E-state index contributed by atoms with van der Waals surface area (Å²) in [5.41, 5.74) is 2.26. The molecule has 1 rings (SSSR count). The Morgan fingerprint density at radius 1 is 1.44 bits per heavy atom. The lowest BCUT2D eigenvalue weighted by atomic mass is 10.3. The van der Waals surface area contributed by atoms with Gasteiger partial charge in [-0.3, -0.25) is 0 Å². The van der Waals surface area contributed by atoms with Gasteiger partial charge in [-0.05, 0) is 12.5 Å². The highest BCUT2D eigenvalue weighted by atomic mass is 32.2. The number of hydrogen-bond donors (Lipinski definition) is 1. The Morgan fingerprint density at radius 3 is 2.62 bits per heavy atom. The quantitative estimate of drug-likeness (QED) is 0.468. The normalized spacial score (nSPS) is 10.8. The van der Waals surface area contributed by atoms with Crippen LogP contribution in [0.5, 0.6) is 0 Å². The molecule has 0 atom stereocenters. The molecule has 0 fully saturated rings. The number of nitrogens with one attached hydrogen (secondary N) is 1. The van der Waals surface area contributed by atoms with Crippen LogP contribution in [0.3, 0.4) is 0 Å². The van der Waals surface area contributed by atoms with Gasteiger partial charge in [0, 0.05) is 30.7 Å². The van der Waals surface area contributed by atoms with Crippen LogP contribution in [0.4, 0.5) is 0 Å². The van der Waals surface area contributed by atoms with Crippen LogP contribution in [0.1, 0.15) is 19.4 Å². The van der Waals surface area contributed by atoms with E-state index in [9.17, 15) is 0 Å². The van der Waals surface area contributed by atoms with Gasteiger partial charge in [0.25, 0.3) is 0 Å². The van der Waals surface area contributed by atoms with Crippen LogP contribution in [0.15, 0.2) is 29.7 Å². The molecule has 0 aliphatic carbocycles. The van der Waals surface area contributed by atoms with Gasteiger partial charge in [-0.15, -0.1) is 0 Å². The molecule has 0 aliphatic rings. The second kappa shape index (κ2) is 6.66. The molecule has 0 saturated heterocycles. The van der Waals surface area contributed by atoms with Crippen molar-refractivity contribution in [3.8, 4) is 0 Å².